The summed E-state index contributed by atoms with van der Waals surface area (Å²) < 4.78 is 20.4. The molecule has 1 aromatic heterocycles. The van der Waals surface area contributed by atoms with Crippen molar-refractivity contribution in [2.24, 2.45) is 0 Å². The molecule has 1 amide bonds. The number of carbonyl (C=O) groups is 1. The van der Waals surface area contributed by atoms with Crippen molar-refractivity contribution < 1.29 is 23.6 Å². The first-order valence-corrected chi connectivity index (χ1v) is 13.0. The van der Waals surface area contributed by atoms with Crippen molar-refractivity contribution in [3.8, 4) is 0 Å². The Bertz CT molecular complexity index is 714. The van der Waals surface area contributed by atoms with Crippen LogP contribution in [0.4, 0.5) is 4.79 Å². The molecule has 0 aliphatic carbocycles. The monoisotopic (exact) mass is 425 g/mol. The minimum atomic E-state index is -2.07. The predicted molar refractivity (Wildman–Crippen MR) is 116 cm³/mol. The second-order valence-corrected chi connectivity index (χ2v) is 15.0. The molecule has 0 unspecified atom stereocenters. The summed E-state index contributed by atoms with van der Waals surface area (Å²) in [6.07, 6.45) is 2.23. The summed E-state index contributed by atoms with van der Waals surface area (Å²) in [4.78, 5) is 11.0. The quantitative estimate of drug-likeness (QED) is 0.653. The van der Waals surface area contributed by atoms with Gasteiger partial charge in [0.1, 0.15) is 0 Å². The molecule has 1 fully saturated rings. The highest BCUT2D eigenvalue weighted by Gasteiger charge is 2.52. The van der Waals surface area contributed by atoms with E-state index in [9.17, 15) is 4.79 Å². The molecule has 1 aliphatic rings. The van der Waals surface area contributed by atoms with Crippen molar-refractivity contribution in [2.75, 3.05) is 6.54 Å². The van der Waals surface area contributed by atoms with Crippen LogP contribution in [0.1, 0.15) is 48.5 Å². The van der Waals surface area contributed by atoms with E-state index in [0.717, 1.165) is 5.46 Å². The summed E-state index contributed by atoms with van der Waals surface area (Å²) in [5, 5.41) is 15.9. The molecule has 2 rings (SSSR count). The third-order valence-electron chi connectivity index (χ3n) is 6.32. The highest BCUT2D eigenvalue weighted by atomic mass is 28.4. The van der Waals surface area contributed by atoms with Crippen molar-refractivity contribution in [2.45, 2.75) is 90.4 Å². The number of nitrogens with zero attached hydrogens (tertiary/aromatic N) is 2. The summed E-state index contributed by atoms with van der Waals surface area (Å²) in [7, 11) is -2.56. The molecule has 0 aromatic carbocycles. The highest BCUT2D eigenvalue weighted by Crippen LogP contribution is 2.38. The minimum absolute atomic E-state index is 0.0203. The molecule has 29 heavy (non-hydrogen) atoms. The van der Waals surface area contributed by atoms with Gasteiger partial charge in [0.15, 0.2) is 8.32 Å². The van der Waals surface area contributed by atoms with Crippen LogP contribution >= 0.6 is 0 Å². The van der Waals surface area contributed by atoms with E-state index in [1.165, 1.54) is 0 Å². The van der Waals surface area contributed by atoms with Crippen molar-refractivity contribution >= 4 is 27.0 Å². The van der Waals surface area contributed by atoms with Gasteiger partial charge < -0.3 is 24.2 Å². The SMILES string of the molecule is CC1(C)OB(c2cnn(C[C@H](CNC(=O)O)O[Si](C)(C)C(C)(C)C)c2)OC1(C)C. The fourth-order valence-electron chi connectivity index (χ4n) is 2.73. The number of hydrogen-bond acceptors (Lipinski definition) is 5. The Morgan fingerprint density at radius 3 is 2.34 bits per heavy atom. The number of aromatic nitrogens is 2. The van der Waals surface area contributed by atoms with Gasteiger partial charge in [0.2, 0.25) is 0 Å². The molecule has 10 heteroatoms. The number of amides is 1. The molecule has 1 aliphatic heterocycles. The first-order valence-electron chi connectivity index (χ1n) is 10.1. The van der Waals surface area contributed by atoms with Crippen LogP contribution < -0.4 is 10.8 Å². The van der Waals surface area contributed by atoms with Crippen LogP contribution in [0.5, 0.6) is 0 Å². The average Bonchev–Trinajstić information content (AvgIpc) is 3.06. The maximum absolute atomic E-state index is 11.0. The van der Waals surface area contributed by atoms with Gasteiger partial charge in [-0.15, -0.1) is 0 Å². The van der Waals surface area contributed by atoms with Crippen molar-refractivity contribution in [1.82, 2.24) is 15.1 Å². The van der Waals surface area contributed by atoms with E-state index in [4.69, 9.17) is 18.8 Å². The lowest BCUT2D eigenvalue weighted by molar-refractivity contribution is 0.00578. The Morgan fingerprint density at radius 1 is 1.31 bits per heavy atom. The predicted octanol–water partition coefficient (Wildman–Crippen LogP) is 2.84. The standard InChI is InChI=1S/C19H36BN3O5Si/c1-17(2,3)29(8,9)26-15(11-21-16(24)25)13-23-12-14(10-22-23)20-27-18(4,5)19(6,7)28-20/h10,12,15,21H,11,13H2,1-9H3,(H,24,25)/t15-/m0/s1. The molecule has 0 radical (unpaired) electrons. The Labute approximate surface area is 175 Å². The average molecular weight is 425 g/mol. The molecule has 2 N–H and O–H groups in total. The van der Waals surface area contributed by atoms with Crippen molar-refractivity contribution in [1.29, 1.82) is 0 Å². The lowest BCUT2D eigenvalue weighted by Crippen LogP contribution is -2.48. The largest absolute Gasteiger partial charge is 0.498 e. The van der Waals surface area contributed by atoms with Crippen LogP contribution in [-0.2, 0) is 20.3 Å². The van der Waals surface area contributed by atoms with Gasteiger partial charge in [-0.1, -0.05) is 20.8 Å². The van der Waals surface area contributed by atoms with Gasteiger partial charge in [-0.05, 0) is 45.8 Å². The topological polar surface area (TPSA) is 94.8 Å². The van der Waals surface area contributed by atoms with E-state index in [0.29, 0.717) is 6.54 Å². The zero-order chi connectivity index (χ0) is 22.3. The van der Waals surface area contributed by atoms with E-state index < -0.39 is 32.7 Å². The number of hydrogen-bond donors (Lipinski definition) is 2. The van der Waals surface area contributed by atoms with Crippen LogP contribution in [-0.4, -0.2) is 60.3 Å². The lowest BCUT2D eigenvalue weighted by atomic mass is 9.82. The molecular formula is C19H36BN3O5Si. The van der Waals surface area contributed by atoms with Gasteiger partial charge in [-0.3, -0.25) is 4.68 Å². The van der Waals surface area contributed by atoms with E-state index in [1.807, 2.05) is 33.9 Å². The zero-order valence-electron chi connectivity index (χ0n) is 19.2. The van der Waals surface area contributed by atoms with Crippen LogP contribution in [0.15, 0.2) is 12.4 Å². The number of carboxylic acid groups (broad SMARTS) is 1. The molecule has 1 saturated heterocycles. The highest BCUT2D eigenvalue weighted by molar-refractivity contribution is 6.74. The summed E-state index contributed by atoms with van der Waals surface area (Å²) >= 11 is 0. The van der Waals surface area contributed by atoms with Gasteiger partial charge in [0.05, 0.1) is 23.9 Å². The Balaban J connectivity index is 2.13. The van der Waals surface area contributed by atoms with Crippen LogP contribution in [0.2, 0.25) is 18.1 Å². The van der Waals surface area contributed by atoms with Gasteiger partial charge in [0, 0.05) is 24.4 Å². The first kappa shape index (κ1) is 23.9. The molecular weight excluding hydrogens is 389 g/mol. The lowest BCUT2D eigenvalue weighted by Gasteiger charge is -2.39. The molecule has 2 heterocycles. The smallest absolute Gasteiger partial charge is 0.465 e. The van der Waals surface area contributed by atoms with Gasteiger partial charge >= 0.3 is 13.2 Å². The summed E-state index contributed by atoms with van der Waals surface area (Å²) in [5.74, 6) is 0. The Morgan fingerprint density at radius 2 is 1.86 bits per heavy atom. The fraction of sp³-hybridized carbons (Fsp3) is 0.789. The van der Waals surface area contributed by atoms with E-state index in [1.54, 1.807) is 10.9 Å². The molecule has 8 nitrogen and oxygen atoms in total. The van der Waals surface area contributed by atoms with E-state index >= 15 is 0 Å². The van der Waals surface area contributed by atoms with E-state index in [2.05, 4.69) is 44.3 Å². The Hall–Kier alpha value is -1.36. The molecule has 0 bridgehead atoms. The molecule has 0 spiro atoms. The van der Waals surface area contributed by atoms with Gasteiger partial charge in [-0.2, -0.15) is 5.10 Å². The summed E-state index contributed by atoms with van der Waals surface area (Å²) in [6, 6.07) is 0. The van der Waals surface area contributed by atoms with Crippen molar-refractivity contribution in [3.05, 3.63) is 12.4 Å². The number of rotatable bonds is 7. The number of nitrogens with one attached hydrogen (secondary N) is 1. The molecule has 1 atom stereocenters. The van der Waals surface area contributed by atoms with Crippen LogP contribution in [0.3, 0.4) is 0 Å². The third kappa shape index (κ3) is 5.62. The van der Waals surface area contributed by atoms with Crippen LogP contribution in [0, 0.1) is 0 Å². The third-order valence-corrected chi connectivity index (χ3v) is 10.9. The normalized spacial score (nSPS) is 20.0. The second kappa shape index (κ2) is 8.05. The van der Waals surface area contributed by atoms with E-state index in [-0.39, 0.29) is 17.7 Å². The summed E-state index contributed by atoms with van der Waals surface area (Å²) in [6.45, 7) is 19.5. The molecule has 1 aromatic rings. The van der Waals surface area contributed by atoms with Crippen LogP contribution in [0.25, 0.3) is 0 Å². The molecule has 0 saturated carbocycles. The van der Waals surface area contributed by atoms with Crippen molar-refractivity contribution in [3.63, 3.8) is 0 Å². The maximum atomic E-state index is 11.0. The fourth-order valence-corrected chi connectivity index (χ4v) is 4.07. The Kier molecular flexibility index (Phi) is 6.64. The first-order chi connectivity index (χ1) is 13.0. The molecule has 164 valence electrons. The maximum Gasteiger partial charge on any atom is 0.498 e. The van der Waals surface area contributed by atoms with Gasteiger partial charge in [0.25, 0.3) is 0 Å². The van der Waals surface area contributed by atoms with Gasteiger partial charge in [-0.25, -0.2) is 4.79 Å². The zero-order valence-corrected chi connectivity index (χ0v) is 20.2. The second-order valence-electron chi connectivity index (χ2n) is 10.3. The minimum Gasteiger partial charge on any atom is -0.465 e. The summed E-state index contributed by atoms with van der Waals surface area (Å²) in [5.41, 5.74) is -0.000828.